The number of ether oxygens (including phenoxy) is 2. The van der Waals surface area contributed by atoms with Crippen LogP contribution in [0.5, 0.6) is 11.5 Å². The van der Waals surface area contributed by atoms with Crippen LogP contribution in [0.25, 0.3) is 11.1 Å². The molecule has 0 atom stereocenters. The number of phenols is 1. The molecule has 0 saturated heterocycles. The molecule has 0 radical (unpaired) electrons. The van der Waals surface area contributed by atoms with Crippen molar-refractivity contribution in [3.8, 4) is 22.6 Å². The summed E-state index contributed by atoms with van der Waals surface area (Å²) in [6.07, 6.45) is 0. The summed E-state index contributed by atoms with van der Waals surface area (Å²) in [7, 11) is -3.16. The number of methoxy groups -OCH3 is 1. The summed E-state index contributed by atoms with van der Waals surface area (Å²) in [6, 6.07) is 8.00. The average Bonchev–Trinajstić information content (AvgIpc) is 2.75. The fraction of sp³-hybridized carbons (Fsp3) is 0.0952. The fourth-order valence-electron chi connectivity index (χ4n) is 3.25. The molecule has 1 heterocycles. The standard InChI is InChI=1S/C21H14ClF2NO6S/c1-30-18-3-2-10-6-17(18)25-32(28,29)19-7-11(4-14(22)20(19)26)21(27)31-9-12-5-15(23)16(24)8-13(10)12/h2-8,25-26H,9H2,1H3. The number of rotatable bonds is 1. The Morgan fingerprint density at radius 1 is 1.09 bits per heavy atom. The Labute approximate surface area is 186 Å². The maximum absolute atomic E-state index is 14.0. The zero-order chi connectivity index (χ0) is 23.2. The predicted molar refractivity (Wildman–Crippen MR) is 111 cm³/mol. The van der Waals surface area contributed by atoms with Crippen molar-refractivity contribution >= 4 is 33.3 Å². The maximum Gasteiger partial charge on any atom is 0.338 e. The summed E-state index contributed by atoms with van der Waals surface area (Å²) in [5.74, 6) is -3.92. The number of esters is 1. The zero-order valence-electron chi connectivity index (χ0n) is 16.3. The number of carbonyl (C=O) groups is 1. The molecule has 4 rings (SSSR count). The minimum Gasteiger partial charge on any atom is -0.505 e. The number of sulfonamides is 1. The molecule has 1 aliphatic heterocycles. The lowest BCUT2D eigenvalue weighted by Gasteiger charge is -2.15. The molecule has 0 saturated carbocycles. The SMILES string of the molecule is COc1ccc2cc1NS(=O)(=O)c1cc(cc(Cl)c1O)C(=O)OCc1cc(F)c(F)cc1-2. The van der Waals surface area contributed by atoms with Crippen molar-refractivity contribution in [3.63, 3.8) is 0 Å². The summed E-state index contributed by atoms with van der Waals surface area (Å²) in [4.78, 5) is 11.9. The first-order valence-electron chi connectivity index (χ1n) is 8.99. The van der Waals surface area contributed by atoms with E-state index >= 15 is 0 Å². The number of phenolic OH excluding ortho intramolecular Hbond substituents is 1. The first kappa shape index (κ1) is 21.8. The Hall–Kier alpha value is -3.37. The van der Waals surface area contributed by atoms with Crippen molar-refractivity contribution in [2.24, 2.45) is 0 Å². The number of hydrogen-bond donors (Lipinski definition) is 2. The molecule has 2 N–H and O–H groups in total. The van der Waals surface area contributed by atoms with Crippen molar-refractivity contribution in [2.45, 2.75) is 11.5 Å². The molecule has 3 aromatic carbocycles. The number of halogens is 3. The molecule has 3 aromatic rings. The van der Waals surface area contributed by atoms with Crippen molar-refractivity contribution < 1.29 is 36.6 Å². The molecular formula is C21H14ClF2NO6S. The highest BCUT2D eigenvalue weighted by Crippen LogP contribution is 2.38. The molecule has 7 nitrogen and oxygen atoms in total. The number of fused-ring (bicyclic) bond motifs is 6. The van der Waals surface area contributed by atoms with Crippen LogP contribution in [0.3, 0.4) is 0 Å². The van der Waals surface area contributed by atoms with Crippen LogP contribution in [0.1, 0.15) is 15.9 Å². The van der Waals surface area contributed by atoms with Gasteiger partial charge in [-0.25, -0.2) is 22.0 Å². The zero-order valence-corrected chi connectivity index (χ0v) is 17.9. The van der Waals surface area contributed by atoms with Gasteiger partial charge in [-0.3, -0.25) is 4.72 Å². The lowest BCUT2D eigenvalue weighted by molar-refractivity contribution is 0.0472. The number of anilines is 1. The lowest BCUT2D eigenvalue weighted by atomic mass is 9.99. The predicted octanol–water partition coefficient (Wildman–Crippen LogP) is 4.47. The van der Waals surface area contributed by atoms with Crippen LogP contribution < -0.4 is 9.46 Å². The largest absolute Gasteiger partial charge is 0.505 e. The van der Waals surface area contributed by atoms with Gasteiger partial charge in [0.15, 0.2) is 17.4 Å². The highest BCUT2D eigenvalue weighted by Gasteiger charge is 2.26. The first-order valence-corrected chi connectivity index (χ1v) is 10.9. The highest BCUT2D eigenvalue weighted by molar-refractivity contribution is 7.92. The monoisotopic (exact) mass is 481 g/mol. The molecule has 1 aliphatic rings. The quantitative estimate of drug-likeness (QED) is 0.497. The molecule has 11 heteroatoms. The van der Waals surface area contributed by atoms with E-state index in [1.54, 1.807) is 0 Å². The van der Waals surface area contributed by atoms with E-state index < -0.39 is 49.9 Å². The van der Waals surface area contributed by atoms with Crippen molar-refractivity contribution in [1.29, 1.82) is 0 Å². The smallest absolute Gasteiger partial charge is 0.338 e. The fourth-order valence-corrected chi connectivity index (χ4v) is 4.74. The van der Waals surface area contributed by atoms with Gasteiger partial charge >= 0.3 is 5.97 Å². The van der Waals surface area contributed by atoms with Gasteiger partial charge < -0.3 is 14.6 Å². The van der Waals surface area contributed by atoms with E-state index in [0.29, 0.717) is 5.56 Å². The Kier molecular flexibility index (Phi) is 5.43. The summed E-state index contributed by atoms with van der Waals surface area (Å²) < 4.78 is 66.6. The summed E-state index contributed by atoms with van der Waals surface area (Å²) in [6.45, 7) is -0.444. The van der Waals surface area contributed by atoms with Crippen molar-refractivity contribution in [3.05, 3.63) is 70.2 Å². The Morgan fingerprint density at radius 2 is 1.81 bits per heavy atom. The van der Waals surface area contributed by atoms with Gasteiger partial charge in [0.1, 0.15) is 17.3 Å². The molecule has 4 bridgehead atoms. The Balaban J connectivity index is 2.01. The van der Waals surface area contributed by atoms with Crippen molar-refractivity contribution in [1.82, 2.24) is 0 Å². The first-order chi connectivity index (χ1) is 15.1. The second kappa shape index (κ2) is 7.95. The third kappa shape index (κ3) is 3.82. The van der Waals surface area contributed by atoms with Crippen LogP contribution in [0.15, 0.2) is 47.4 Å². The van der Waals surface area contributed by atoms with E-state index in [2.05, 4.69) is 4.72 Å². The van der Waals surface area contributed by atoms with Gasteiger partial charge in [-0.05, 0) is 47.5 Å². The van der Waals surface area contributed by atoms with Gasteiger partial charge in [0.05, 0.1) is 23.4 Å². The summed E-state index contributed by atoms with van der Waals surface area (Å²) in [5, 5.41) is 9.83. The van der Waals surface area contributed by atoms with E-state index in [-0.39, 0.29) is 28.1 Å². The average molecular weight is 482 g/mol. The van der Waals surface area contributed by atoms with E-state index in [4.69, 9.17) is 21.1 Å². The summed E-state index contributed by atoms with van der Waals surface area (Å²) in [5.41, 5.74) is 0.289. The summed E-state index contributed by atoms with van der Waals surface area (Å²) >= 11 is 5.93. The normalized spacial score (nSPS) is 14.7. The second-order valence-corrected chi connectivity index (χ2v) is 8.88. The number of carbonyl (C=O) groups excluding carboxylic acids is 1. The van der Waals surface area contributed by atoms with Gasteiger partial charge in [0.2, 0.25) is 0 Å². The molecule has 0 unspecified atom stereocenters. The molecule has 0 aliphatic carbocycles. The molecule has 166 valence electrons. The molecule has 0 amide bonds. The van der Waals surface area contributed by atoms with Crippen LogP contribution in [-0.2, 0) is 21.4 Å². The van der Waals surface area contributed by atoms with E-state index in [9.17, 15) is 27.1 Å². The maximum atomic E-state index is 14.0. The highest BCUT2D eigenvalue weighted by atomic mass is 35.5. The number of nitrogens with one attached hydrogen (secondary N) is 1. The molecule has 0 fully saturated rings. The van der Waals surface area contributed by atoms with E-state index in [1.165, 1.54) is 25.3 Å². The topological polar surface area (TPSA) is 102 Å². The third-order valence-corrected chi connectivity index (χ3v) is 6.48. The third-order valence-electron chi connectivity index (χ3n) is 4.81. The minimum absolute atomic E-state index is 0.0481. The molecule has 0 aromatic heterocycles. The van der Waals surface area contributed by atoms with Gasteiger partial charge in [0, 0.05) is 5.56 Å². The number of cyclic esters (lactones) is 1. The Morgan fingerprint density at radius 3 is 2.53 bits per heavy atom. The van der Waals surface area contributed by atoms with E-state index in [1.807, 2.05) is 0 Å². The van der Waals surface area contributed by atoms with Gasteiger partial charge in [0.25, 0.3) is 10.0 Å². The van der Waals surface area contributed by atoms with Crippen LogP contribution >= 0.6 is 11.6 Å². The minimum atomic E-state index is -4.47. The van der Waals surface area contributed by atoms with Crippen LogP contribution in [0.2, 0.25) is 5.02 Å². The second-order valence-electron chi connectivity index (χ2n) is 6.82. The van der Waals surface area contributed by atoms with Gasteiger partial charge in [-0.1, -0.05) is 17.7 Å². The molecular weight excluding hydrogens is 468 g/mol. The van der Waals surface area contributed by atoms with Crippen LogP contribution in [-0.4, -0.2) is 26.6 Å². The van der Waals surface area contributed by atoms with Gasteiger partial charge in [-0.15, -0.1) is 0 Å². The number of hydrogen-bond acceptors (Lipinski definition) is 6. The number of aromatic hydroxyl groups is 1. The van der Waals surface area contributed by atoms with Crippen LogP contribution in [0.4, 0.5) is 14.5 Å². The molecule has 32 heavy (non-hydrogen) atoms. The lowest BCUT2D eigenvalue weighted by Crippen LogP contribution is -2.15. The number of benzene rings is 3. The van der Waals surface area contributed by atoms with E-state index in [0.717, 1.165) is 24.3 Å². The van der Waals surface area contributed by atoms with Gasteiger partial charge in [-0.2, -0.15) is 0 Å². The van der Waals surface area contributed by atoms with Crippen LogP contribution in [0, 0.1) is 11.6 Å². The van der Waals surface area contributed by atoms with Crippen molar-refractivity contribution in [2.75, 3.05) is 11.8 Å². The Bertz CT molecular complexity index is 1380. The molecule has 0 spiro atoms.